The Hall–Kier alpha value is -0.870. The molecule has 1 unspecified atom stereocenters. The SMILES string of the molecule is OCC1CCN(CCCn2cccn2)C1. The van der Waals surface area contributed by atoms with Crippen molar-refractivity contribution in [3.8, 4) is 0 Å². The first-order valence-corrected chi connectivity index (χ1v) is 5.69. The summed E-state index contributed by atoms with van der Waals surface area (Å²) in [5.74, 6) is 0.509. The second-order valence-electron chi connectivity index (χ2n) is 4.26. The van der Waals surface area contributed by atoms with E-state index >= 15 is 0 Å². The topological polar surface area (TPSA) is 41.3 Å². The van der Waals surface area contributed by atoms with Crippen LogP contribution in [0.1, 0.15) is 12.8 Å². The highest BCUT2D eigenvalue weighted by Gasteiger charge is 2.20. The minimum Gasteiger partial charge on any atom is -0.396 e. The van der Waals surface area contributed by atoms with Gasteiger partial charge < -0.3 is 10.0 Å². The van der Waals surface area contributed by atoms with E-state index in [4.69, 9.17) is 5.11 Å². The van der Waals surface area contributed by atoms with Crippen molar-refractivity contribution >= 4 is 0 Å². The van der Waals surface area contributed by atoms with E-state index in [1.54, 1.807) is 0 Å². The predicted molar refractivity (Wildman–Crippen MR) is 58.5 cm³/mol. The first-order valence-electron chi connectivity index (χ1n) is 5.69. The lowest BCUT2D eigenvalue weighted by molar-refractivity contribution is 0.220. The first-order chi connectivity index (χ1) is 7.38. The van der Waals surface area contributed by atoms with Gasteiger partial charge in [0.2, 0.25) is 0 Å². The van der Waals surface area contributed by atoms with Crippen molar-refractivity contribution < 1.29 is 5.11 Å². The minimum absolute atomic E-state index is 0.343. The molecular weight excluding hydrogens is 190 g/mol. The molecule has 1 N–H and O–H groups in total. The lowest BCUT2D eigenvalue weighted by Crippen LogP contribution is -2.23. The van der Waals surface area contributed by atoms with E-state index in [2.05, 4.69) is 10.00 Å². The zero-order valence-electron chi connectivity index (χ0n) is 9.05. The van der Waals surface area contributed by atoms with Crippen LogP contribution in [0.4, 0.5) is 0 Å². The Morgan fingerprint density at radius 3 is 3.00 bits per heavy atom. The van der Waals surface area contributed by atoms with Crippen LogP contribution in [0.25, 0.3) is 0 Å². The number of aliphatic hydroxyl groups excluding tert-OH is 1. The Kier molecular flexibility index (Phi) is 3.75. The molecule has 4 heteroatoms. The molecule has 4 nitrogen and oxygen atoms in total. The number of nitrogens with zero attached hydrogens (tertiary/aromatic N) is 3. The zero-order chi connectivity index (χ0) is 10.5. The van der Waals surface area contributed by atoms with Gasteiger partial charge in [0.1, 0.15) is 0 Å². The molecule has 1 aliphatic heterocycles. The smallest absolute Gasteiger partial charge is 0.0489 e. The Morgan fingerprint density at radius 2 is 2.33 bits per heavy atom. The van der Waals surface area contributed by atoms with Gasteiger partial charge in [-0.1, -0.05) is 0 Å². The standard InChI is InChI=1S/C11H19N3O/c15-10-11-3-8-13(9-11)5-2-7-14-6-1-4-12-14/h1,4,6,11,15H,2-3,5,7-10H2. The molecule has 1 fully saturated rings. The molecule has 84 valence electrons. The molecular formula is C11H19N3O. The van der Waals surface area contributed by atoms with Crippen molar-refractivity contribution in [2.75, 3.05) is 26.2 Å². The predicted octanol–water partition coefficient (Wildman–Crippen LogP) is 0.587. The summed E-state index contributed by atoms with van der Waals surface area (Å²) >= 11 is 0. The van der Waals surface area contributed by atoms with Gasteiger partial charge >= 0.3 is 0 Å². The van der Waals surface area contributed by atoms with Crippen LogP contribution in [0.3, 0.4) is 0 Å². The summed E-state index contributed by atoms with van der Waals surface area (Å²) in [6.07, 6.45) is 6.11. The lowest BCUT2D eigenvalue weighted by Gasteiger charge is -2.15. The molecule has 0 aliphatic carbocycles. The van der Waals surface area contributed by atoms with Crippen LogP contribution < -0.4 is 0 Å². The summed E-state index contributed by atoms with van der Waals surface area (Å²) in [5.41, 5.74) is 0. The van der Waals surface area contributed by atoms with Crippen LogP contribution in [0, 0.1) is 5.92 Å². The highest BCUT2D eigenvalue weighted by molar-refractivity contribution is 4.78. The summed E-state index contributed by atoms with van der Waals surface area (Å²) < 4.78 is 1.97. The van der Waals surface area contributed by atoms with Gasteiger partial charge in [-0.05, 0) is 37.9 Å². The van der Waals surface area contributed by atoms with Crippen molar-refractivity contribution in [3.05, 3.63) is 18.5 Å². The molecule has 0 saturated carbocycles. The first kappa shape index (κ1) is 10.6. The maximum absolute atomic E-state index is 9.02. The fourth-order valence-corrected chi connectivity index (χ4v) is 2.15. The molecule has 15 heavy (non-hydrogen) atoms. The van der Waals surface area contributed by atoms with E-state index in [1.165, 1.54) is 0 Å². The third-order valence-electron chi connectivity index (χ3n) is 3.05. The Bertz CT molecular complexity index is 273. The summed E-state index contributed by atoms with van der Waals surface area (Å²) in [6.45, 7) is 4.67. The quantitative estimate of drug-likeness (QED) is 0.771. The highest BCUT2D eigenvalue weighted by Crippen LogP contribution is 2.15. The third kappa shape index (κ3) is 3.04. The number of likely N-dealkylation sites (tertiary alicyclic amines) is 1. The molecule has 1 aromatic rings. The Labute approximate surface area is 90.5 Å². The van der Waals surface area contributed by atoms with E-state index in [0.717, 1.165) is 39.0 Å². The number of hydrogen-bond donors (Lipinski definition) is 1. The van der Waals surface area contributed by atoms with Gasteiger partial charge in [0.25, 0.3) is 0 Å². The highest BCUT2D eigenvalue weighted by atomic mass is 16.3. The molecule has 0 spiro atoms. The summed E-state index contributed by atoms with van der Waals surface area (Å²) in [5, 5.41) is 13.2. The number of aromatic nitrogens is 2. The monoisotopic (exact) mass is 209 g/mol. The number of rotatable bonds is 5. The summed E-state index contributed by atoms with van der Waals surface area (Å²) in [4.78, 5) is 2.43. The number of aryl methyl sites for hydroxylation is 1. The molecule has 1 saturated heterocycles. The number of hydrogen-bond acceptors (Lipinski definition) is 3. The maximum Gasteiger partial charge on any atom is 0.0489 e. The molecule has 2 heterocycles. The summed E-state index contributed by atoms with van der Waals surface area (Å²) in [7, 11) is 0. The number of aliphatic hydroxyl groups is 1. The lowest BCUT2D eigenvalue weighted by atomic mass is 10.1. The fourth-order valence-electron chi connectivity index (χ4n) is 2.15. The summed E-state index contributed by atoms with van der Waals surface area (Å²) in [6, 6.07) is 1.96. The molecule has 0 bridgehead atoms. The molecule has 1 aromatic heterocycles. The molecule has 1 aliphatic rings. The average molecular weight is 209 g/mol. The second-order valence-corrected chi connectivity index (χ2v) is 4.26. The van der Waals surface area contributed by atoms with E-state index in [1.807, 2.05) is 23.1 Å². The van der Waals surface area contributed by atoms with Gasteiger partial charge in [-0.3, -0.25) is 4.68 Å². The van der Waals surface area contributed by atoms with Gasteiger partial charge in [-0.25, -0.2) is 0 Å². The van der Waals surface area contributed by atoms with Crippen LogP contribution in [-0.4, -0.2) is 46.0 Å². The van der Waals surface area contributed by atoms with Gasteiger partial charge in [0.15, 0.2) is 0 Å². The van der Waals surface area contributed by atoms with E-state index in [-0.39, 0.29) is 0 Å². The van der Waals surface area contributed by atoms with Crippen molar-refractivity contribution in [3.63, 3.8) is 0 Å². The molecule has 0 amide bonds. The largest absolute Gasteiger partial charge is 0.396 e. The normalized spacial score (nSPS) is 22.3. The third-order valence-corrected chi connectivity index (χ3v) is 3.05. The maximum atomic E-state index is 9.02. The zero-order valence-corrected chi connectivity index (χ0v) is 9.05. The van der Waals surface area contributed by atoms with Crippen LogP contribution in [-0.2, 0) is 6.54 Å². The van der Waals surface area contributed by atoms with Crippen LogP contribution >= 0.6 is 0 Å². The molecule has 0 aromatic carbocycles. The fraction of sp³-hybridized carbons (Fsp3) is 0.727. The van der Waals surface area contributed by atoms with Crippen LogP contribution in [0.5, 0.6) is 0 Å². The Balaban J connectivity index is 1.63. The van der Waals surface area contributed by atoms with E-state index < -0.39 is 0 Å². The van der Waals surface area contributed by atoms with Crippen molar-refractivity contribution in [2.24, 2.45) is 5.92 Å². The van der Waals surface area contributed by atoms with Gasteiger partial charge in [0, 0.05) is 32.1 Å². The Morgan fingerprint density at radius 1 is 1.40 bits per heavy atom. The average Bonchev–Trinajstić information content (AvgIpc) is 2.88. The van der Waals surface area contributed by atoms with Gasteiger partial charge in [-0.2, -0.15) is 5.10 Å². The van der Waals surface area contributed by atoms with Crippen LogP contribution in [0.2, 0.25) is 0 Å². The minimum atomic E-state index is 0.343. The molecule has 0 radical (unpaired) electrons. The van der Waals surface area contributed by atoms with Crippen LogP contribution in [0.15, 0.2) is 18.5 Å². The van der Waals surface area contributed by atoms with Crippen molar-refractivity contribution in [1.29, 1.82) is 0 Å². The second kappa shape index (κ2) is 5.28. The van der Waals surface area contributed by atoms with Gasteiger partial charge in [0.05, 0.1) is 0 Å². The van der Waals surface area contributed by atoms with E-state index in [9.17, 15) is 0 Å². The molecule has 2 rings (SSSR count). The molecule has 1 atom stereocenters. The van der Waals surface area contributed by atoms with Crippen molar-refractivity contribution in [2.45, 2.75) is 19.4 Å². The van der Waals surface area contributed by atoms with Gasteiger partial charge in [-0.15, -0.1) is 0 Å². The van der Waals surface area contributed by atoms with Crippen molar-refractivity contribution in [1.82, 2.24) is 14.7 Å². The van der Waals surface area contributed by atoms with E-state index in [0.29, 0.717) is 12.5 Å².